The van der Waals surface area contributed by atoms with Crippen molar-refractivity contribution in [2.45, 2.75) is 18.9 Å². The van der Waals surface area contributed by atoms with E-state index in [0.29, 0.717) is 24.2 Å². The van der Waals surface area contributed by atoms with Crippen LogP contribution in [0, 0.1) is 10.1 Å². The van der Waals surface area contributed by atoms with E-state index in [1.807, 2.05) is 35.0 Å². The summed E-state index contributed by atoms with van der Waals surface area (Å²) in [4.78, 5) is 43.3. The lowest BCUT2D eigenvalue weighted by molar-refractivity contribution is -0.384. The van der Waals surface area contributed by atoms with Crippen molar-refractivity contribution in [3.63, 3.8) is 0 Å². The molecule has 1 atom stereocenters. The van der Waals surface area contributed by atoms with Gasteiger partial charge in [0.05, 0.1) is 27.3 Å². The first-order chi connectivity index (χ1) is 17.4. The number of hydrogen-bond acceptors (Lipinski definition) is 5. The van der Waals surface area contributed by atoms with Gasteiger partial charge >= 0.3 is 0 Å². The fourth-order valence-electron chi connectivity index (χ4n) is 4.79. The zero-order valence-corrected chi connectivity index (χ0v) is 19.9. The van der Waals surface area contributed by atoms with Gasteiger partial charge in [-0.1, -0.05) is 12.1 Å². The number of carbonyl (C=O) groups is 2. The molecule has 0 fully saturated rings. The lowest BCUT2D eigenvalue weighted by Crippen LogP contribution is -2.32. The highest BCUT2D eigenvalue weighted by Gasteiger charge is 2.36. The summed E-state index contributed by atoms with van der Waals surface area (Å²) in [6.07, 6.45) is 4.20. The van der Waals surface area contributed by atoms with Crippen LogP contribution in [0.3, 0.4) is 0 Å². The number of anilines is 1. The zero-order valence-electron chi connectivity index (χ0n) is 19.1. The van der Waals surface area contributed by atoms with Gasteiger partial charge in [-0.3, -0.25) is 24.7 Å². The minimum absolute atomic E-state index is 0.0894. The van der Waals surface area contributed by atoms with Gasteiger partial charge in [-0.2, -0.15) is 0 Å². The number of fused-ring (bicyclic) bond motifs is 2. The molecule has 2 amide bonds. The topological polar surface area (TPSA) is 124 Å². The van der Waals surface area contributed by atoms with Gasteiger partial charge in [-0.25, -0.2) is 0 Å². The molecule has 10 heteroatoms. The highest BCUT2D eigenvalue weighted by molar-refractivity contribution is 6.21. The van der Waals surface area contributed by atoms with Crippen molar-refractivity contribution in [3.8, 4) is 0 Å². The molecule has 0 aliphatic carbocycles. The van der Waals surface area contributed by atoms with E-state index in [4.69, 9.17) is 17.3 Å². The number of primary amides is 1. The normalized spacial score (nSPS) is 14.7. The van der Waals surface area contributed by atoms with E-state index in [2.05, 4.69) is 4.98 Å². The standard InChI is InChI=1S/C26H22ClN5O4/c27-14-17-15-31(22-13-19(32(35)36)5-7-20(17)22)26(34)23-21(25(28)33)6-4-16-8-11-30(24(16)23)12-9-18-3-1-2-10-29-18/h1-8,10-11,13,17H,9,12,14-15H2,(H2,28,33). The third-order valence-electron chi connectivity index (χ3n) is 6.53. The van der Waals surface area contributed by atoms with Gasteiger partial charge in [0.1, 0.15) is 0 Å². The number of nitrogens with zero attached hydrogens (tertiary/aromatic N) is 4. The maximum absolute atomic E-state index is 14.1. The number of pyridine rings is 1. The molecular formula is C26H22ClN5O4. The van der Waals surface area contributed by atoms with Gasteiger partial charge in [-0.05, 0) is 35.9 Å². The Balaban J connectivity index is 1.62. The van der Waals surface area contributed by atoms with Crippen LogP contribution in [0.5, 0.6) is 0 Å². The van der Waals surface area contributed by atoms with Crippen molar-refractivity contribution in [1.82, 2.24) is 9.55 Å². The average Bonchev–Trinajstić information content (AvgIpc) is 3.47. The van der Waals surface area contributed by atoms with Crippen molar-refractivity contribution in [2.24, 2.45) is 5.73 Å². The second kappa shape index (κ2) is 9.43. The summed E-state index contributed by atoms with van der Waals surface area (Å²) >= 11 is 6.18. The summed E-state index contributed by atoms with van der Waals surface area (Å²) < 4.78 is 1.91. The number of halogens is 1. The second-order valence-electron chi connectivity index (χ2n) is 8.64. The predicted molar refractivity (Wildman–Crippen MR) is 137 cm³/mol. The van der Waals surface area contributed by atoms with Gasteiger partial charge < -0.3 is 15.2 Å². The van der Waals surface area contributed by atoms with Crippen LogP contribution in [-0.2, 0) is 13.0 Å². The number of non-ortho nitro benzene ring substituents is 1. The summed E-state index contributed by atoms with van der Waals surface area (Å²) in [5.41, 5.74) is 8.46. The van der Waals surface area contributed by atoms with Gasteiger partial charge in [-0.15, -0.1) is 11.6 Å². The van der Waals surface area contributed by atoms with Crippen LogP contribution < -0.4 is 10.6 Å². The number of alkyl halides is 1. The molecule has 4 aromatic rings. The molecular weight excluding hydrogens is 482 g/mol. The van der Waals surface area contributed by atoms with Crippen molar-refractivity contribution in [3.05, 3.63) is 99.5 Å². The number of amides is 2. The smallest absolute Gasteiger partial charge is 0.271 e. The number of nitrogens with two attached hydrogens (primary N) is 1. The first kappa shape index (κ1) is 23.5. The van der Waals surface area contributed by atoms with E-state index in [0.717, 1.165) is 16.6 Å². The minimum Gasteiger partial charge on any atom is -0.366 e. The van der Waals surface area contributed by atoms with E-state index < -0.39 is 16.7 Å². The Kier molecular flexibility index (Phi) is 6.15. The van der Waals surface area contributed by atoms with Crippen LogP contribution >= 0.6 is 11.6 Å². The second-order valence-corrected chi connectivity index (χ2v) is 8.95. The SMILES string of the molecule is NC(=O)c1ccc2ccn(CCc3ccccn3)c2c1C(=O)N1CC(CCl)c2ccc([N+](=O)[O-])cc21. The first-order valence-corrected chi connectivity index (χ1v) is 11.9. The Labute approximate surface area is 211 Å². The Morgan fingerprint density at radius 3 is 2.69 bits per heavy atom. The molecule has 5 rings (SSSR count). The summed E-state index contributed by atoms with van der Waals surface area (Å²) in [5, 5.41) is 12.2. The molecule has 2 N–H and O–H groups in total. The lowest BCUT2D eigenvalue weighted by atomic mass is 10.0. The van der Waals surface area contributed by atoms with E-state index >= 15 is 0 Å². The van der Waals surface area contributed by atoms with Gasteiger partial charge in [0.25, 0.3) is 11.6 Å². The Bertz CT molecular complexity index is 1500. The fraction of sp³-hybridized carbons (Fsp3) is 0.192. The number of benzene rings is 2. The number of aromatic nitrogens is 2. The highest BCUT2D eigenvalue weighted by atomic mass is 35.5. The molecule has 1 aliphatic rings. The molecule has 2 aromatic heterocycles. The Hall–Kier alpha value is -4.24. The van der Waals surface area contributed by atoms with Crippen molar-refractivity contribution < 1.29 is 14.5 Å². The van der Waals surface area contributed by atoms with Crippen LogP contribution in [0.2, 0.25) is 0 Å². The minimum atomic E-state index is -0.731. The average molecular weight is 504 g/mol. The van der Waals surface area contributed by atoms with Crippen molar-refractivity contribution in [1.29, 1.82) is 0 Å². The van der Waals surface area contributed by atoms with E-state index in [1.165, 1.54) is 17.0 Å². The van der Waals surface area contributed by atoms with E-state index in [-0.39, 0.29) is 35.2 Å². The van der Waals surface area contributed by atoms with Crippen molar-refractivity contribution >= 4 is 45.7 Å². The van der Waals surface area contributed by atoms with Crippen LogP contribution in [-0.4, -0.2) is 38.7 Å². The largest absolute Gasteiger partial charge is 0.366 e. The molecule has 1 aliphatic heterocycles. The van der Waals surface area contributed by atoms with Crippen LogP contribution in [0.25, 0.3) is 10.9 Å². The number of hydrogen-bond donors (Lipinski definition) is 1. The summed E-state index contributed by atoms with van der Waals surface area (Å²) in [6.45, 7) is 0.761. The first-order valence-electron chi connectivity index (χ1n) is 11.4. The number of aryl methyl sites for hydroxylation is 2. The third kappa shape index (κ3) is 4.07. The Morgan fingerprint density at radius 2 is 2.00 bits per heavy atom. The maximum atomic E-state index is 14.1. The molecule has 0 saturated carbocycles. The number of rotatable bonds is 7. The summed E-state index contributed by atoms with van der Waals surface area (Å²) in [5.74, 6) is -1.15. The number of nitro groups is 1. The summed E-state index contributed by atoms with van der Waals surface area (Å²) in [6, 6.07) is 15.3. The zero-order chi connectivity index (χ0) is 25.4. The molecule has 182 valence electrons. The third-order valence-corrected chi connectivity index (χ3v) is 6.91. The quantitative estimate of drug-likeness (QED) is 0.229. The van der Waals surface area contributed by atoms with Crippen LogP contribution in [0.4, 0.5) is 11.4 Å². The van der Waals surface area contributed by atoms with Crippen molar-refractivity contribution in [2.75, 3.05) is 17.3 Å². The highest BCUT2D eigenvalue weighted by Crippen LogP contribution is 2.41. The lowest BCUT2D eigenvalue weighted by Gasteiger charge is -2.21. The fourth-order valence-corrected chi connectivity index (χ4v) is 5.05. The van der Waals surface area contributed by atoms with Crippen LogP contribution in [0.15, 0.2) is 67.0 Å². The number of carbonyl (C=O) groups excluding carboxylic acids is 2. The molecule has 9 nitrogen and oxygen atoms in total. The predicted octanol–water partition coefficient (Wildman–Crippen LogP) is 4.27. The molecule has 36 heavy (non-hydrogen) atoms. The molecule has 0 bridgehead atoms. The van der Waals surface area contributed by atoms with Gasteiger partial charge in [0.2, 0.25) is 5.91 Å². The van der Waals surface area contributed by atoms with Gasteiger partial charge in [0, 0.05) is 66.9 Å². The molecule has 1 unspecified atom stereocenters. The molecule has 0 radical (unpaired) electrons. The summed E-state index contributed by atoms with van der Waals surface area (Å²) in [7, 11) is 0. The maximum Gasteiger partial charge on any atom is 0.271 e. The molecule has 0 spiro atoms. The molecule has 3 heterocycles. The van der Waals surface area contributed by atoms with Gasteiger partial charge in [0.15, 0.2) is 0 Å². The molecule has 2 aromatic carbocycles. The monoisotopic (exact) mass is 503 g/mol. The van der Waals surface area contributed by atoms with Crippen LogP contribution in [0.1, 0.15) is 37.9 Å². The Morgan fingerprint density at radius 1 is 1.17 bits per heavy atom. The number of nitro benzene ring substituents is 1. The van der Waals surface area contributed by atoms with E-state index in [9.17, 15) is 19.7 Å². The van der Waals surface area contributed by atoms with E-state index in [1.54, 1.807) is 24.4 Å². The molecule has 0 saturated heterocycles.